The standard InChI is InChI=1S/C18H20N4O2S/c1-10-16(12-7-11(24-4)5-6-15(12)21(10)2)18(23)19-17-13-8-25-9-14(13)20-22(17)3/h5-7H,8-9H2,1-4H3,(H,19,23). The highest BCUT2D eigenvalue weighted by Crippen LogP contribution is 2.35. The van der Waals surface area contributed by atoms with E-state index in [0.717, 1.165) is 50.9 Å². The first kappa shape index (κ1) is 16.1. The summed E-state index contributed by atoms with van der Waals surface area (Å²) >= 11 is 1.82. The lowest BCUT2D eigenvalue weighted by atomic mass is 10.1. The second kappa shape index (κ2) is 5.84. The topological polar surface area (TPSA) is 61.1 Å². The number of rotatable bonds is 3. The highest BCUT2D eigenvalue weighted by Gasteiger charge is 2.25. The van der Waals surface area contributed by atoms with E-state index in [1.807, 2.05) is 55.5 Å². The van der Waals surface area contributed by atoms with Crippen LogP contribution in [0.5, 0.6) is 5.75 Å². The van der Waals surface area contributed by atoms with Gasteiger partial charge in [-0.25, -0.2) is 0 Å². The van der Waals surface area contributed by atoms with E-state index in [1.54, 1.807) is 11.8 Å². The molecule has 2 aromatic heterocycles. The summed E-state index contributed by atoms with van der Waals surface area (Å²) in [6.07, 6.45) is 0. The average Bonchev–Trinajstić information content (AvgIpc) is 3.23. The summed E-state index contributed by atoms with van der Waals surface area (Å²) in [7, 11) is 5.48. The molecule has 0 saturated carbocycles. The molecule has 130 valence electrons. The third kappa shape index (κ3) is 2.41. The van der Waals surface area contributed by atoms with Crippen LogP contribution in [0.1, 0.15) is 27.3 Å². The quantitative estimate of drug-likeness (QED) is 0.783. The van der Waals surface area contributed by atoms with Gasteiger partial charge in [0.05, 0.1) is 18.4 Å². The molecule has 7 heteroatoms. The van der Waals surface area contributed by atoms with E-state index in [-0.39, 0.29) is 5.91 Å². The minimum absolute atomic E-state index is 0.112. The number of ether oxygens (including phenoxy) is 1. The Kier molecular flexibility index (Phi) is 3.76. The van der Waals surface area contributed by atoms with Crippen LogP contribution in [0.4, 0.5) is 5.82 Å². The summed E-state index contributed by atoms with van der Waals surface area (Å²) in [5.74, 6) is 3.22. The fourth-order valence-corrected chi connectivity index (χ4v) is 4.47. The van der Waals surface area contributed by atoms with Crippen molar-refractivity contribution in [3.8, 4) is 5.75 Å². The molecule has 1 aliphatic rings. The Morgan fingerprint density at radius 1 is 1.32 bits per heavy atom. The number of amides is 1. The zero-order valence-electron chi connectivity index (χ0n) is 14.7. The van der Waals surface area contributed by atoms with Crippen LogP contribution >= 0.6 is 11.8 Å². The molecule has 0 aliphatic carbocycles. The van der Waals surface area contributed by atoms with E-state index >= 15 is 0 Å². The number of carbonyl (C=O) groups excluding carboxylic acids is 1. The first-order valence-electron chi connectivity index (χ1n) is 8.08. The molecule has 25 heavy (non-hydrogen) atoms. The molecule has 1 amide bonds. The minimum Gasteiger partial charge on any atom is -0.497 e. The molecular weight excluding hydrogens is 336 g/mol. The normalized spacial score (nSPS) is 13.3. The van der Waals surface area contributed by atoms with Crippen LogP contribution in [0.25, 0.3) is 10.9 Å². The van der Waals surface area contributed by atoms with Crippen molar-refractivity contribution in [1.82, 2.24) is 14.3 Å². The Morgan fingerprint density at radius 3 is 2.88 bits per heavy atom. The Labute approximate surface area is 150 Å². The molecule has 1 aliphatic heterocycles. The van der Waals surface area contributed by atoms with Crippen LogP contribution < -0.4 is 10.1 Å². The largest absolute Gasteiger partial charge is 0.497 e. The summed E-state index contributed by atoms with van der Waals surface area (Å²) < 4.78 is 9.14. The van der Waals surface area contributed by atoms with E-state index in [1.165, 1.54) is 0 Å². The van der Waals surface area contributed by atoms with Gasteiger partial charge in [-0.2, -0.15) is 16.9 Å². The van der Waals surface area contributed by atoms with Gasteiger partial charge in [0, 0.05) is 47.8 Å². The number of benzene rings is 1. The van der Waals surface area contributed by atoms with E-state index in [9.17, 15) is 4.79 Å². The number of aromatic nitrogens is 3. The van der Waals surface area contributed by atoms with Crippen LogP contribution in [0.15, 0.2) is 18.2 Å². The molecule has 0 saturated heterocycles. The monoisotopic (exact) mass is 356 g/mol. The lowest BCUT2D eigenvalue weighted by Crippen LogP contribution is -2.16. The predicted molar refractivity (Wildman–Crippen MR) is 100 cm³/mol. The molecule has 0 bridgehead atoms. The highest BCUT2D eigenvalue weighted by atomic mass is 32.2. The fourth-order valence-electron chi connectivity index (χ4n) is 3.43. The Morgan fingerprint density at radius 2 is 2.12 bits per heavy atom. The average molecular weight is 356 g/mol. The maximum Gasteiger partial charge on any atom is 0.259 e. The summed E-state index contributed by atoms with van der Waals surface area (Å²) in [6.45, 7) is 1.96. The van der Waals surface area contributed by atoms with Crippen molar-refractivity contribution in [2.24, 2.45) is 14.1 Å². The van der Waals surface area contributed by atoms with Gasteiger partial charge in [-0.3, -0.25) is 9.48 Å². The van der Waals surface area contributed by atoms with E-state index in [2.05, 4.69) is 10.4 Å². The molecule has 4 rings (SSSR count). The number of nitrogens with zero attached hydrogens (tertiary/aromatic N) is 3. The first-order valence-corrected chi connectivity index (χ1v) is 9.23. The number of hydrogen-bond donors (Lipinski definition) is 1. The summed E-state index contributed by atoms with van der Waals surface area (Å²) in [6, 6.07) is 5.81. The van der Waals surface area contributed by atoms with Crippen molar-refractivity contribution in [2.75, 3.05) is 12.4 Å². The number of aryl methyl sites for hydroxylation is 2. The Hall–Kier alpha value is -2.41. The zero-order valence-corrected chi connectivity index (χ0v) is 15.5. The molecule has 3 heterocycles. The SMILES string of the molecule is COc1ccc2c(c1)c(C(=O)Nc1c3c(nn1C)CSC3)c(C)n2C. The van der Waals surface area contributed by atoms with Crippen molar-refractivity contribution < 1.29 is 9.53 Å². The molecule has 3 aromatic rings. The van der Waals surface area contributed by atoms with Crippen LogP contribution in [-0.2, 0) is 25.6 Å². The number of methoxy groups -OCH3 is 1. The maximum absolute atomic E-state index is 13.1. The summed E-state index contributed by atoms with van der Waals surface area (Å²) in [5, 5.41) is 8.49. The molecule has 6 nitrogen and oxygen atoms in total. The molecule has 1 aromatic carbocycles. The van der Waals surface area contributed by atoms with Crippen molar-refractivity contribution in [1.29, 1.82) is 0 Å². The summed E-state index contributed by atoms with van der Waals surface area (Å²) in [5.41, 5.74) is 4.82. The van der Waals surface area contributed by atoms with Crippen molar-refractivity contribution in [3.05, 3.63) is 40.7 Å². The zero-order chi connectivity index (χ0) is 17.7. The highest BCUT2D eigenvalue weighted by molar-refractivity contribution is 7.98. The molecular formula is C18H20N4O2S. The minimum atomic E-state index is -0.112. The molecule has 0 unspecified atom stereocenters. The number of thioether (sulfide) groups is 1. The maximum atomic E-state index is 13.1. The molecule has 0 radical (unpaired) electrons. The van der Waals surface area contributed by atoms with Crippen molar-refractivity contribution in [2.45, 2.75) is 18.4 Å². The number of hydrogen-bond acceptors (Lipinski definition) is 4. The number of anilines is 1. The van der Waals surface area contributed by atoms with Crippen LogP contribution in [0, 0.1) is 6.92 Å². The van der Waals surface area contributed by atoms with E-state index in [0.29, 0.717) is 5.56 Å². The van der Waals surface area contributed by atoms with Gasteiger partial charge in [0.25, 0.3) is 5.91 Å². The van der Waals surface area contributed by atoms with Crippen LogP contribution in [0.3, 0.4) is 0 Å². The van der Waals surface area contributed by atoms with Gasteiger partial charge in [0.15, 0.2) is 0 Å². The third-order valence-electron chi connectivity index (χ3n) is 4.87. The van der Waals surface area contributed by atoms with Gasteiger partial charge in [0.1, 0.15) is 11.6 Å². The van der Waals surface area contributed by atoms with Gasteiger partial charge in [-0.05, 0) is 25.1 Å². The Balaban J connectivity index is 1.79. The molecule has 0 fully saturated rings. The smallest absolute Gasteiger partial charge is 0.259 e. The van der Waals surface area contributed by atoms with Gasteiger partial charge in [-0.15, -0.1) is 0 Å². The van der Waals surface area contributed by atoms with Crippen LogP contribution in [-0.4, -0.2) is 27.4 Å². The van der Waals surface area contributed by atoms with E-state index < -0.39 is 0 Å². The fraction of sp³-hybridized carbons (Fsp3) is 0.333. The molecule has 0 atom stereocenters. The first-order chi connectivity index (χ1) is 12.0. The molecule has 0 spiro atoms. The third-order valence-corrected chi connectivity index (χ3v) is 5.84. The number of nitrogens with one attached hydrogen (secondary N) is 1. The second-order valence-corrected chi connectivity index (χ2v) is 7.23. The van der Waals surface area contributed by atoms with Crippen molar-refractivity contribution in [3.63, 3.8) is 0 Å². The lowest BCUT2D eigenvalue weighted by molar-refractivity contribution is 0.102. The summed E-state index contributed by atoms with van der Waals surface area (Å²) in [4.78, 5) is 13.1. The number of fused-ring (bicyclic) bond motifs is 2. The van der Waals surface area contributed by atoms with Gasteiger partial charge in [-0.1, -0.05) is 0 Å². The van der Waals surface area contributed by atoms with Gasteiger partial charge >= 0.3 is 0 Å². The van der Waals surface area contributed by atoms with E-state index in [4.69, 9.17) is 4.74 Å². The van der Waals surface area contributed by atoms with Crippen molar-refractivity contribution >= 4 is 34.4 Å². The predicted octanol–water partition coefficient (Wildman–Crippen LogP) is 3.23. The molecule has 1 N–H and O–H groups in total. The second-order valence-electron chi connectivity index (χ2n) is 6.25. The van der Waals surface area contributed by atoms with Gasteiger partial charge in [0.2, 0.25) is 0 Å². The van der Waals surface area contributed by atoms with Gasteiger partial charge < -0.3 is 14.6 Å². The Bertz CT molecular complexity index is 1000. The number of carbonyl (C=O) groups is 1. The lowest BCUT2D eigenvalue weighted by Gasteiger charge is -2.08. The van der Waals surface area contributed by atoms with Crippen LogP contribution in [0.2, 0.25) is 0 Å².